The van der Waals surface area contributed by atoms with Crippen LogP contribution >= 0.6 is 15.9 Å². The maximum absolute atomic E-state index is 10.9. The molecule has 0 radical (unpaired) electrons. The number of benzene rings is 2. The SMILES string of the molecule is Cc1cc(N/N=C/c2ccc(Br)c([N+](=O)[O-])c2)nc2ccccc12. The van der Waals surface area contributed by atoms with Gasteiger partial charge in [-0.2, -0.15) is 5.10 Å². The lowest BCUT2D eigenvalue weighted by Gasteiger charge is -2.05. The lowest BCUT2D eigenvalue weighted by atomic mass is 10.1. The number of pyridine rings is 1. The fraction of sp³-hybridized carbons (Fsp3) is 0.0588. The van der Waals surface area contributed by atoms with E-state index in [0.717, 1.165) is 16.5 Å². The van der Waals surface area contributed by atoms with Crippen molar-refractivity contribution in [3.8, 4) is 0 Å². The Labute approximate surface area is 146 Å². The van der Waals surface area contributed by atoms with Crippen molar-refractivity contribution in [1.29, 1.82) is 0 Å². The van der Waals surface area contributed by atoms with Crippen molar-refractivity contribution >= 4 is 44.6 Å². The highest BCUT2D eigenvalue weighted by Gasteiger charge is 2.11. The first-order valence-corrected chi connectivity index (χ1v) is 7.93. The van der Waals surface area contributed by atoms with Crippen molar-refractivity contribution in [3.05, 3.63) is 74.2 Å². The number of para-hydroxylation sites is 1. The van der Waals surface area contributed by atoms with Crippen molar-refractivity contribution in [1.82, 2.24) is 4.98 Å². The van der Waals surface area contributed by atoms with Crippen LogP contribution in [0.4, 0.5) is 11.5 Å². The van der Waals surface area contributed by atoms with Crippen molar-refractivity contribution in [3.63, 3.8) is 0 Å². The molecule has 1 heterocycles. The molecule has 0 atom stereocenters. The van der Waals surface area contributed by atoms with Gasteiger partial charge in [0.15, 0.2) is 0 Å². The molecule has 24 heavy (non-hydrogen) atoms. The molecule has 0 amide bonds. The fourth-order valence-electron chi connectivity index (χ4n) is 2.33. The van der Waals surface area contributed by atoms with Crippen LogP contribution < -0.4 is 5.43 Å². The Morgan fingerprint density at radius 2 is 2.04 bits per heavy atom. The Hall–Kier alpha value is -2.80. The van der Waals surface area contributed by atoms with Gasteiger partial charge in [0.25, 0.3) is 5.69 Å². The van der Waals surface area contributed by atoms with Crippen LogP contribution in [0.5, 0.6) is 0 Å². The van der Waals surface area contributed by atoms with Crippen molar-refractivity contribution in [2.45, 2.75) is 6.92 Å². The van der Waals surface area contributed by atoms with Crippen LogP contribution in [0.2, 0.25) is 0 Å². The van der Waals surface area contributed by atoms with E-state index >= 15 is 0 Å². The van der Waals surface area contributed by atoms with Gasteiger partial charge in [-0.15, -0.1) is 0 Å². The number of hydrazone groups is 1. The van der Waals surface area contributed by atoms with Gasteiger partial charge in [0, 0.05) is 17.0 Å². The zero-order valence-electron chi connectivity index (χ0n) is 12.7. The number of nitrogens with one attached hydrogen (secondary N) is 1. The number of hydrogen-bond donors (Lipinski definition) is 1. The summed E-state index contributed by atoms with van der Waals surface area (Å²) in [5.41, 5.74) is 5.46. The molecule has 0 saturated carbocycles. The molecule has 1 N–H and O–H groups in total. The molecule has 0 saturated heterocycles. The Kier molecular flexibility index (Phi) is 4.52. The summed E-state index contributed by atoms with van der Waals surface area (Å²) in [7, 11) is 0. The van der Waals surface area contributed by atoms with Gasteiger partial charge >= 0.3 is 0 Å². The maximum Gasteiger partial charge on any atom is 0.284 e. The van der Waals surface area contributed by atoms with E-state index in [0.29, 0.717) is 15.9 Å². The highest BCUT2D eigenvalue weighted by atomic mass is 79.9. The fourth-order valence-corrected chi connectivity index (χ4v) is 2.72. The Morgan fingerprint density at radius 1 is 1.25 bits per heavy atom. The molecule has 7 heteroatoms. The van der Waals surface area contributed by atoms with Crippen LogP contribution in [0.1, 0.15) is 11.1 Å². The van der Waals surface area contributed by atoms with Crippen LogP contribution in [-0.2, 0) is 0 Å². The molecule has 0 aliphatic heterocycles. The molecule has 120 valence electrons. The van der Waals surface area contributed by atoms with Crippen LogP contribution in [-0.4, -0.2) is 16.1 Å². The number of nitro benzene ring substituents is 1. The highest BCUT2D eigenvalue weighted by Crippen LogP contribution is 2.25. The second-order valence-electron chi connectivity index (χ2n) is 5.18. The first-order chi connectivity index (χ1) is 11.5. The van der Waals surface area contributed by atoms with Crippen molar-refractivity contribution in [2.75, 3.05) is 5.43 Å². The van der Waals surface area contributed by atoms with Crippen LogP contribution in [0.25, 0.3) is 10.9 Å². The van der Waals surface area contributed by atoms with Crippen LogP contribution in [0, 0.1) is 17.0 Å². The molecule has 1 aromatic heterocycles. The Morgan fingerprint density at radius 3 is 2.83 bits per heavy atom. The average Bonchev–Trinajstić information content (AvgIpc) is 2.56. The van der Waals surface area contributed by atoms with E-state index in [1.165, 1.54) is 12.3 Å². The quantitative estimate of drug-likeness (QED) is 0.402. The molecular weight excluding hydrogens is 372 g/mol. The summed E-state index contributed by atoms with van der Waals surface area (Å²) in [6.07, 6.45) is 1.52. The predicted molar refractivity (Wildman–Crippen MR) is 98.5 cm³/mol. The number of rotatable bonds is 4. The lowest BCUT2D eigenvalue weighted by Crippen LogP contribution is -1.96. The molecule has 0 spiro atoms. The molecule has 0 aliphatic rings. The number of aryl methyl sites for hydroxylation is 1. The third kappa shape index (κ3) is 3.41. The number of anilines is 1. The Balaban J connectivity index is 1.82. The highest BCUT2D eigenvalue weighted by molar-refractivity contribution is 9.10. The number of nitrogens with zero attached hydrogens (tertiary/aromatic N) is 3. The number of hydrogen-bond acceptors (Lipinski definition) is 5. The van der Waals surface area contributed by atoms with Gasteiger partial charge in [-0.25, -0.2) is 4.98 Å². The third-order valence-corrected chi connectivity index (χ3v) is 4.15. The monoisotopic (exact) mass is 384 g/mol. The first-order valence-electron chi connectivity index (χ1n) is 7.14. The largest absolute Gasteiger partial charge is 0.284 e. The normalized spacial score (nSPS) is 11.1. The predicted octanol–water partition coefficient (Wildman–Crippen LogP) is 4.66. The van der Waals surface area contributed by atoms with E-state index in [1.807, 2.05) is 37.3 Å². The molecule has 0 unspecified atom stereocenters. The van der Waals surface area contributed by atoms with Gasteiger partial charge in [-0.3, -0.25) is 15.5 Å². The molecule has 0 fully saturated rings. The van der Waals surface area contributed by atoms with E-state index in [1.54, 1.807) is 12.1 Å². The lowest BCUT2D eigenvalue weighted by molar-refractivity contribution is -0.385. The second kappa shape index (κ2) is 6.76. The maximum atomic E-state index is 10.9. The standard InChI is InChI=1S/C17H13BrN4O2/c1-11-8-17(20-15-5-3-2-4-13(11)15)21-19-10-12-6-7-14(18)16(9-12)22(23)24/h2-10H,1H3,(H,20,21)/b19-10+. The number of halogens is 1. The van der Waals surface area contributed by atoms with E-state index in [-0.39, 0.29) is 5.69 Å². The number of aromatic nitrogens is 1. The number of nitro groups is 1. The van der Waals surface area contributed by atoms with Gasteiger partial charge in [0.05, 0.1) is 21.1 Å². The summed E-state index contributed by atoms with van der Waals surface area (Å²) in [5, 5.41) is 16.1. The van der Waals surface area contributed by atoms with Gasteiger partial charge in [0.2, 0.25) is 0 Å². The number of fused-ring (bicyclic) bond motifs is 1. The summed E-state index contributed by atoms with van der Waals surface area (Å²) >= 11 is 3.16. The topological polar surface area (TPSA) is 80.4 Å². The summed E-state index contributed by atoms with van der Waals surface area (Å²) in [6, 6.07) is 14.6. The molecule has 3 rings (SSSR count). The van der Waals surface area contributed by atoms with Crippen molar-refractivity contribution in [2.24, 2.45) is 5.10 Å². The minimum Gasteiger partial charge on any atom is -0.261 e. The van der Waals surface area contributed by atoms with E-state index in [4.69, 9.17) is 0 Å². The van der Waals surface area contributed by atoms with E-state index < -0.39 is 4.92 Å². The van der Waals surface area contributed by atoms with Crippen LogP contribution in [0.15, 0.2) is 58.1 Å². The molecule has 0 aliphatic carbocycles. The third-order valence-electron chi connectivity index (χ3n) is 3.48. The molecule has 0 bridgehead atoms. The van der Waals surface area contributed by atoms with Gasteiger partial charge in [-0.05, 0) is 46.6 Å². The second-order valence-corrected chi connectivity index (χ2v) is 6.03. The van der Waals surface area contributed by atoms with E-state index in [2.05, 4.69) is 31.4 Å². The van der Waals surface area contributed by atoms with Gasteiger partial charge < -0.3 is 0 Å². The van der Waals surface area contributed by atoms with Crippen molar-refractivity contribution < 1.29 is 4.92 Å². The minimum atomic E-state index is -0.441. The smallest absolute Gasteiger partial charge is 0.261 e. The Bertz CT molecular complexity index is 956. The summed E-state index contributed by atoms with van der Waals surface area (Å²) in [4.78, 5) is 15.0. The van der Waals surface area contributed by atoms with E-state index in [9.17, 15) is 10.1 Å². The first kappa shape index (κ1) is 16.1. The molecular formula is C17H13BrN4O2. The average molecular weight is 385 g/mol. The van der Waals surface area contributed by atoms with Gasteiger partial charge in [-0.1, -0.05) is 24.3 Å². The molecule has 2 aromatic carbocycles. The summed E-state index contributed by atoms with van der Waals surface area (Å²) < 4.78 is 0.435. The zero-order valence-corrected chi connectivity index (χ0v) is 14.3. The van der Waals surface area contributed by atoms with Crippen LogP contribution in [0.3, 0.4) is 0 Å². The molecule has 3 aromatic rings. The minimum absolute atomic E-state index is 0.00127. The summed E-state index contributed by atoms with van der Waals surface area (Å²) in [5.74, 6) is 0.620. The van der Waals surface area contributed by atoms with Gasteiger partial charge in [0.1, 0.15) is 5.82 Å². The zero-order chi connectivity index (χ0) is 17.1. The molecule has 6 nitrogen and oxygen atoms in total. The summed E-state index contributed by atoms with van der Waals surface area (Å²) in [6.45, 7) is 2.01.